The van der Waals surface area contributed by atoms with E-state index in [0.29, 0.717) is 6.42 Å². The van der Waals surface area contributed by atoms with Crippen LogP contribution in [0.5, 0.6) is 0 Å². The number of hydrogen-bond acceptors (Lipinski definition) is 2. The van der Waals surface area contributed by atoms with E-state index in [-0.39, 0.29) is 12.1 Å². The van der Waals surface area contributed by atoms with Crippen LogP contribution in [0.15, 0.2) is 29.8 Å². The molecular weight excluding hydrogens is 234 g/mol. The van der Waals surface area contributed by atoms with Gasteiger partial charge in [0, 0.05) is 23.2 Å². The highest BCUT2D eigenvalue weighted by Gasteiger charge is 2.20. The minimum atomic E-state index is -0.317. The fraction of sp³-hybridized carbons (Fsp3) is 0.429. The molecule has 2 atom stereocenters. The van der Waals surface area contributed by atoms with Gasteiger partial charge in [0.15, 0.2) is 0 Å². The number of aliphatic hydroxyl groups is 1. The van der Waals surface area contributed by atoms with Crippen molar-refractivity contribution in [1.29, 1.82) is 0 Å². The number of allylic oxidation sites excluding steroid dienone is 1. The smallest absolute Gasteiger partial charge is 0.0604 e. The fourth-order valence-electron chi connectivity index (χ4n) is 2.27. The van der Waals surface area contributed by atoms with Crippen LogP contribution in [-0.4, -0.2) is 17.3 Å². The van der Waals surface area contributed by atoms with Crippen LogP contribution in [-0.2, 0) is 6.42 Å². The van der Waals surface area contributed by atoms with Crippen molar-refractivity contribution in [2.45, 2.75) is 38.8 Å². The van der Waals surface area contributed by atoms with Crippen LogP contribution >= 0.6 is 11.6 Å². The third-order valence-corrected chi connectivity index (χ3v) is 3.16. The van der Waals surface area contributed by atoms with E-state index in [1.807, 2.05) is 18.2 Å². The van der Waals surface area contributed by atoms with E-state index in [1.54, 1.807) is 0 Å². The van der Waals surface area contributed by atoms with Crippen LogP contribution < -0.4 is 5.32 Å². The number of aliphatic hydroxyl groups excluding tert-OH is 1. The van der Waals surface area contributed by atoms with Crippen LogP contribution in [0.1, 0.15) is 25.8 Å². The van der Waals surface area contributed by atoms with Crippen LogP contribution in [0.4, 0.5) is 5.69 Å². The Kier molecular flexibility index (Phi) is 3.75. The van der Waals surface area contributed by atoms with Gasteiger partial charge in [0.25, 0.3) is 0 Å². The summed E-state index contributed by atoms with van der Waals surface area (Å²) in [6, 6.07) is 5.99. The van der Waals surface area contributed by atoms with E-state index in [0.717, 1.165) is 22.7 Å². The Bertz CT molecular complexity index is 438. The maximum Gasteiger partial charge on any atom is 0.0604 e. The quantitative estimate of drug-likeness (QED) is 0.750. The Hall–Kier alpha value is -0.990. The first-order valence-electron chi connectivity index (χ1n) is 5.92. The lowest BCUT2D eigenvalue weighted by Gasteiger charge is -2.16. The van der Waals surface area contributed by atoms with Crippen LogP contribution in [0.3, 0.4) is 0 Å². The highest BCUT2D eigenvalue weighted by molar-refractivity contribution is 6.30. The molecule has 0 bridgehead atoms. The first kappa shape index (κ1) is 12.5. The van der Waals surface area contributed by atoms with Crippen molar-refractivity contribution in [3.8, 4) is 0 Å². The molecule has 0 aromatic heterocycles. The number of anilines is 1. The first-order valence-corrected chi connectivity index (χ1v) is 6.30. The predicted octanol–water partition coefficient (Wildman–Crippen LogP) is 3.39. The normalized spacial score (nSPS) is 23.3. The van der Waals surface area contributed by atoms with Gasteiger partial charge in [0.1, 0.15) is 0 Å². The van der Waals surface area contributed by atoms with E-state index in [4.69, 9.17) is 11.6 Å². The fourth-order valence-corrected chi connectivity index (χ4v) is 2.47. The van der Waals surface area contributed by atoms with Crippen molar-refractivity contribution in [3.05, 3.63) is 40.4 Å². The van der Waals surface area contributed by atoms with Gasteiger partial charge in [0.05, 0.1) is 6.10 Å². The molecule has 17 heavy (non-hydrogen) atoms. The van der Waals surface area contributed by atoms with Crippen LogP contribution in [0.2, 0.25) is 5.02 Å². The Balaban J connectivity index is 2.30. The van der Waals surface area contributed by atoms with Crippen molar-refractivity contribution in [1.82, 2.24) is 0 Å². The Morgan fingerprint density at radius 1 is 1.47 bits per heavy atom. The van der Waals surface area contributed by atoms with Crippen molar-refractivity contribution in [2.24, 2.45) is 0 Å². The molecule has 2 rings (SSSR count). The predicted molar refractivity (Wildman–Crippen MR) is 72.6 cm³/mol. The van der Waals surface area contributed by atoms with E-state index in [1.165, 1.54) is 5.57 Å². The second-order valence-electron chi connectivity index (χ2n) is 4.89. The number of halogens is 1. The van der Waals surface area contributed by atoms with Gasteiger partial charge in [0.2, 0.25) is 0 Å². The van der Waals surface area contributed by atoms with Gasteiger partial charge in [-0.3, -0.25) is 0 Å². The molecular formula is C14H18ClNO. The zero-order valence-corrected chi connectivity index (χ0v) is 11.0. The van der Waals surface area contributed by atoms with Gasteiger partial charge in [-0.1, -0.05) is 23.3 Å². The summed E-state index contributed by atoms with van der Waals surface area (Å²) in [7, 11) is 0. The second-order valence-corrected chi connectivity index (χ2v) is 5.33. The molecule has 1 aliphatic rings. The molecule has 0 saturated carbocycles. The Morgan fingerprint density at radius 2 is 2.24 bits per heavy atom. The van der Waals surface area contributed by atoms with Crippen LogP contribution in [0.25, 0.3) is 0 Å². The maximum absolute atomic E-state index is 10.00. The Morgan fingerprint density at radius 3 is 2.94 bits per heavy atom. The lowest BCUT2D eigenvalue weighted by atomic mass is 10.0. The highest BCUT2D eigenvalue weighted by Crippen LogP contribution is 2.27. The van der Waals surface area contributed by atoms with E-state index in [9.17, 15) is 5.11 Å². The van der Waals surface area contributed by atoms with E-state index < -0.39 is 0 Å². The van der Waals surface area contributed by atoms with Crippen molar-refractivity contribution in [2.75, 3.05) is 5.32 Å². The molecule has 2 N–H and O–H groups in total. The molecule has 1 heterocycles. The van der Waals surface area contributed by atoms with Gasteiger partial charge >= 0.3 is 0 Å². The van der Waals surface area contributed by atoms with Crippen molar-refractivity contribution < 1.29 is 5.11 Å². The molecule has 92 valence electrons. The minimum absolute atomic E-state index is 0.192. The zero-order valence-electron chi connectivity index (χ0n) is 10.2. The molecule has 1 aromatic rings. The SMILES string of the molecule is CC(C)=C[C@@H]1C[C@@H](O)Cc2cc(Cl)ccc2N1. The average molecular weight is 252 g/mol. The monoisotopic (exact) mass is 251 g/mol. The summed E-state index contributed by atoms with van der Waals surface area (Å²) in [4.78, 5) is 0. The second kappa shape index (κ2) is 5.11. The number of rotatable bonds is 1. The summed E-state index contributed by atoms with van der Waals surface area (Å²) in [6.07, 6.45) is 3.24. The third-order valence-electron chi connectivity index (χ3n) is 2.92. The number of fused-ring (bicyclic) bond motifs is 1. The summed E-state index contributed by atoms with van der Waals surface area (Å²) in [5.74, 6) is 0. The van der Waals surface area contributed by atoms with Gasteiger partial charge < -0.3 is 10.4 Å². The molecule has 0 radical (unpaired) electrons. The zero-order chi connectivity index (χ0) is 12.4. The summed E-state index contributed by atoms with van der Waals surface area (Å²) in [5, 5.41) is 14.2. The van der Waals surface area contributed by atoms with Crippen molar-refractivity contribution in [3.63, 3.8) is 0 Å². The molecule has 0 spiro atoms. The van der Waals surface area contributed by atoms with Gasteiger partial charge in [-0.05, 0) is 44.0 Å². The summed E-state index contributed by atoms with van der Waals surface area (Å²) >= 11 is 5.98. The summed E-state index contributed by atoms with van der Waals surface area (Å²) in [5.41, 5.74) is 3.43. The molecule has 1 aromatic carbocycles. The minimum Gasteiger partial charge on any atom is -0.393 e. The third kappa shape index (κ3) is 3.24. The molecule has 0 unspecified atom stereocenters. The molecule has 3 heteroatoms. The van der Waals surface area contributed by atoms with E-state index in [2.05, 4.69) is 25.2 Å². The van der Waals surface area contributed by atoms with Gasteiger partial charge in [-0.25, -0.2) is 0 Å². The van der Waals surface area contributed by atoms with Crippen molar-refractivity contribution >= 4 is 17.3 Å². The first-order chi connectivity index (χ1) is 8.04. The van der Waals surface area contributed by atoms with Crippen LogP contribution in [0, 0.1) is 0 Å². The van der Waals surface area contributed by atoms with Gasteiger partial charge in [-0.2, -0.15) is 0 Å². The molecule has 2 nitrogen and oxygen atoms in total. The highest BCUT2D eigenvalue weighted by atomic mass is 35.5. The number of nitrogens with one attached hydrogen (secondary N) is 1. The molecule has 0 aliphatic carbocycles. The lowest BCUT2D eigenvalue weighted by molar-refractivity contribution is 0.165. The molecule has 0 fully saturated rings. The lowest BCUT2D eigenvalue weighted by Crippen LogP contribution is -2.21. The van der Waals surface area contributed by atoms with Gasteiger partial charge in [-0.15, -0.1) is 0 Å². The molecule has 0 saturated heterocycles. The molecule has 0 amide bonds. The number of benzene rings is 1. The summed E-state index contributed by atoms with van der Waals surface area (Å²) in [6.45, 7) is 4.14. The standard InChI is InChI=1S/C14H18ClNO/c1-9(2)5-12-8-13(17)7-10-6-11(15)3-4-14(10)16-12/h3-6,12-13,16-17H,7-8H2,1-2H3/t12-,13+/m1/s1. The number of hydrogen-bond donors (Lipinski definition) is 2. The van der Waals surface area contributed by atoms with E-state index >= 15 is 0 Å². The topological polar surface area (TPSA) is 32.3 Å². The maximum atomic E-state index is 10.00. The Labute approximate surface area is 107 Å². The summed E-state index contributed by atoms with van der Waals surface area (Å²) < 4.78 is 0. The largest absolute Gasteiger partial charge is 0.393 e. The molecule has 1 aliphatic heterocycles. The average Bonchev–Trinajstić information content (AvgIpc) is 2.34.